The number of aryl methyl sites for hydroxylation is 1. The molecular weight excluding hydrogens is 366 g/mol. The molecule has 0 aliphatic carbocycles. The minimum Gasteiger partial charge on any atom is -0.497 e. The van der Waals surface area contributed by atoms with Gasteiger partial charge in [-0.15, -0.1) is 10.2 Å². The summed E-state index contributed by atoms with van der Waals surface area (Å²) >= 11 is 1.30. The molecule has 8 nitrogen and oxygen atoms in total. The van der Waals surface area contributed by atoms with Gasteiger partial charge in [0.25, 0.3) is 0 Å². The SMILES string of the molecule is COc1ccc(NC(=O)CSc2ccc(-n3nccc3C)nn2)c(OC)c1. The van der Waals surface area contributed by atoms with Gasteiger partial charge in [0.15, 0.2) is 5.82 Å². The van der Waals surface area contributed by atoms with Crippen LogP contribution in [-0.4, -0.2) is 45.9 Å². The van der Waals surface area contributed by atoms with Crippen LogP contribution in [0, 0.1) is 6.92 Å². The first-order valence-electron chi connectivity index (χ1n) is 8.10. The summed E-state index contributed by atoms with van der Waals surface area (Å²) in [4.78, 5) is 12.2. The number of amides is 1. The van der Waals surface area contributed by atoms with Crippen molar-refractivity contribution in [1.82, 2.24) is 20.0 Å². The summed E-state index contributed by atoms with van der Waals surface area (Å²) in [6.45, 7) is 1.94. The Kier molecular flexibility index (Phi) is 5.92. The van der Waals surface area contributed by atoms with Gasteiger partial charge in [0, 0.05) is 18.0 Å². The number of ether oxygens (including phenoxy) is 2. The molecule has 27 heavy (non-hydrogen) atoms. The second-order valence-corrected chi connectivity index (χ2v) is 6.51. The number of nitrogens with one attached hydrogen (secondary N) is 1. The molecule has 2 heterocycles. The Morgan fingerprint density at radius 1 is 1.15 bits per heavy atom. The molecule has 1 aromatic carbocycles. The molecule has 0 spiro atoms. The minimum absolute atomic E-state index is 0.169. The zero-order valence-electron chi connectivity index (χ0n) is 15.2. The van der Waals surface area contributed by atoms with Gasteiger partial charge in [0.05, 0.1) is 25.7 Å². The molecule has 3 aromatic rings. The van der Waals surface area contributed by atoms with Gasteiger partial charge in [-0.25, -0.2) is 4.68 Å². The lowest BCUT2D eigenvalue weighted by Crippen LogP contribution is -2.15. The lowest BCUT2D eigenvalue weighted by atomic mass is 10.2. The van der Waals surface area contributed by atoms with Crippen molar-refractivity contribution in [3.8, 4) is 17.3 Å². The third-order valence-electron chi connectivity index (χ3n) is 3.71. The second kappa shape index (κ2) is 8.54. The van der Waals surface area contributed by atoms with E-state index >= 15 is 0 Å². The molecule has 0 aliphatic rings. The van der Waals surface area contributed by atoms with Crippen LogP contribution in [-0.2, 0) is 4.79 Å². The normalized spacial score (nSPS) is 10.5. The largest absolute Gasteiger partial charge is 0.497 e. The standard InChI is InChI=1S/C18H19N5O3S/c1-12-8-9-19-23(12)16-6-7-18(22-21-16)27-11-17(24)20-14-5-4-13(25-2)10-15(14)26-3/h4-10H,11H2,1-3H3,(H,20,24). The number of thioether (sulfide) groups is 1. The lowest BCUT2D eigenvalue weighted by molar-refractivity contribution is -0.113. The van der Waals surface area contributed by atoms with Crippen LogP contribution >= 0.6 is 11.8 Å². The molecule has 1 amide bonds. The fourth-order valence-corrected chi connectivity index (χ4v) is 2.95. The zero-order chi connectivity index (χ0) is 19.2. The summed E-state index contributed by atoms with van der Waals surface area (Å²) in [6.07, 6.45) is 1.71. The van der Waals surface area contributed by atoms with Gasteiger partial charge in [-0.05, 0) is 37.3 Å². The van der Waals surface area contributed by atoms with Crippen molar-refractivity contribution in [2.45, 2.75) is 11.9 Å². The predicted molar refractivity (Wildman–Crippen MR) is 103 cm³/mol. The van der Waals surface area contributed by atoms with E-state index in [2.05, 4.69) is 20.6 Å². The highest BCUT2D eigenvalue weighted by Crippen LogP contribution is 2.29. The number of anilines is 1. The molecule has 3 rings (SSSR count). The molecule has 0 bridgehead atoms. The summed E-state index contributed by atoms with van der Waals surface area (Å²) < 4.78 is 12.1. The minimum atomic E-state index is -0.169. The molecule has 0 saturated heterocycles. The van der Waals surface area contributed by atoms with Crippen molar-refractivity contribution < 1.29 is 14.3 Å². The number of rotatable bonds is 7. The van der Waals surface area contributed by atoms with Crippen molar-refractivity contribution >= 4 is 23.4 Å². The number of methoxy groups -OCH3 is 2. The van der Waals surface area contributed by atoms with E-state index in [0.717, 1.165) is 5.69 Å². The summed E-state index contributed by atoms with van der Waals surface area (Å²) in [6, 6.07) is 10.7. The molecule has 9 heteroatoms. The molecule has 1 N–H and O–H groups in total. The van der Waals surface area contributed by atoms with E-state index in [9.17, 15) is 4.79 Å². The first kappa shape index (κ1) is 18.7. The van der Waals surface area contributed by atoms with E-state index in [1.165, 1.54) is 18.9 Å². The third kappa shape index (κ3) is 4.56. The van der Waals surface area contributed by atoms with Crippen molar-refractivity contribution in [2.75, 3.05) is 25.3 Å². The van der Waals surface area contributed by atoms with Gasteiger partial charge in [-0.2, -0.15) is 5.10 Å². The van der Waals surface area contributed by atoms with Crippen molar-refractivity contribution in [2.24, 2.45) is 0 Å². The van der Waals surface area contributed by atoms with Gasteiger partial charge < -0.3 is 14.8 Å². The maximum Gasteiger partial charge on any atom is 0.234 e. The van der Waals surface area contributed by atoms with E-state index in [1.54, 1.807) is 36.2 Å². The molecule has 140 valence electrons. The number of hydrogen-bond donors (Lipinski definition) is 1. The van der Waals surface area contributed by atoms with Crippen LogP contribution < -0.4 is 14.8 Å². The van der Waals surface area contributed by atoms with Gasteiger partial charge in [0.1, 0.15) is 16.5 Å². The highest BCUT2D eigenvalue weighted by Gasteiger charge is 2.10. The maximum absolute atomic E-state index is 12.2. The number of carbonyl (C=O) groups is 1. The second-order valence-electron chi connectivity index (χ2n) is 5.52. The molecule has 0 radical (unpaired) electrons. The van der Waals surface area contributed by atoms with E-state index in [0.29, 0.717) is 28.0 Å². The lowest BCUT2D eigenvalue weighted by Gasteiger charge is -2.11. The van der Waals surface area contributed by atoms with Crippen LogP contribution in [0.5, 0.6) is 11.5 Å². The molecular formula is C18H19N5O3S. The Hall–Kier alpha value is -3.07. The average Bonchev–Trinajstić information content (AvgIpc) is 3.13. The topological polar surface area (TPSA) is 91.2 Å². The first-order valence-corrected chi connectivity index (χ1v) is 9.08. The number of nitrogens with zero attached hydrogens (tertiary/aromatic N) is 4. The highest BCUT2D eigenvalue weighted by molar-refractivity contribution is 7.99. The molecule has 0 aliphatic heterocycles. The number of benzene rings is 1. The van der Waals surface area contributed by atoms with E-state index in [4.69, 9.17) is 9.47 Å². The van der Waals surface area contributed by atoms with Gasteiger partial charge in [-0.3, -0.25) is 4.79 Å². The summed E-state index contributed by atoms with van der Waals surface area (Å²) in [5.74, 6) is 1.85. The Morgan fingerprint density at radius 2 is 2.00 bits per heavy atom. The number of hydrogen-bond acceptors (Lipinski definition) is 7. The van der Waals surface area contributed by atoms with Crippen molar-refractivity contribution in [1.29, 1.82) is 0 Å². The monoisotopic (exact) mass is 385 g/mol. The van der Waals surface area contributed by atoms with Crippen LogP contribution in [0.25, 0.3) is 5.82 Å². The van der Waals surface area contributed by atoms with E-state index in [-0.39, 0.29) is 11.7 Å². The van der Waals surface area contributed by atoms with Gasteiger partial charge in [-0.1, -0.05) is 11.8 Å². The summed E-state index contributed by atoms with van der Waals surface area (Å²) in [5, 5.41) is 16.0. The first-order chi connectivity index (χ1) is 13.1. The zero-order valence-corrected chi connectivity index (χ0v) is 16.0. The third-order valence-corrected chi connectivity index (χ3v) is 4.63. The van der Waals surface area contributed by atoms with Crippen LogP contribution in [0.4, 0.5) is 5.69 Å². The predicted octanol–water partition coefficient (Wildman–Crippen LogP) is 2.72. The molecule has 2 aromatic heterocycles. The fourth-order valence-electron chi connectivity index (χ4n) is 2.34. The fraction of sp³-hybridized carbons (Fsp3) is 0.222. The summed E-state index contributed by atoms with van der Waals surface area (Å²) in [7, 11) is 3.11. The Labute approximate surface area is 160 Å². The van der Waals surface area contributed by atoms with Gasteiger partial charge in [0.2, 0.25) is 5.91 Å². The van der Waals surface area contributed by atoms with Crippen LogP contribution in [0.2, 0.25) is 0 Å². The molecule has 0 unspecified atom stereocenters. The van der Waals surface area contributed by atoms with Crippen LogP contribution in [0.1, 0.15) is 5.69 Å². The van der Waals surface area contributed by atoms with Crippen LogP contribution in [0.15, 0.2) is 47.6 Å². The number of aromatic nitrogens is 4. The van der Waals surface area contributed by atoms with Crippen molar-refractivity contribution in [3.05, 3.63) is 48.3 Å². The molecule has 0 saturated carbocycles. The molecule has 0 fully saturated rings. The Bertz CT molecular complexity index is 927. The molecule has 0 atom stereocenters. The van der Waals surface area contributed by atoms with Crippen LogP contribution in [0.3, 0.4) is 0 Å². The average molecular weight is 385 g/mol. The van der Waals surface area contributed by atoms with Gasteiger partial charge >= 0.3 is 0 Å². The Morgan fingerprint density at radius 3 is 2.63 bits per heavy atom. The highest BCUT2D eigenvalue weighted by atomic mass is 32.2. The number of carbonyl (C=O) groups excluding carboxylic acids is 1. The van der Waals surface area contributed by atoms with E-state index < -0.39 is 0 Å². The smallest absolute Gasteiger partial charge is 0.234 e. The quantitative estimate of drug-likeness (QED) is 0.625. The maximum atomic E-state index is 12.2. The summed E-state index contributed by atoms with van der Waals surface area (Å²) in [5.41, 5.74) is 1.55. The van der Waals surface area contributed by atoms with E-state index in [1.807, 2.05) is 25.1 Å². The van der Waals surface area contributed by atoms with Crippen molar-refractivity contribution in [3.63, 3.8) is 0 Å². The Balaban J connectivity index is 1.59.